The van der Waals surface area contributed by atoms with Gasteiger partial charge in [-0.25, -0.2) is 4.79 Å². The Balaban J connectivity index is 2.03. The maximum Gasteiger partial charge on any atom is 0.340 e. The molecule has 1 aliphatic heterocycles. The third-order valence-electron chi connectivity index (χ3n) is 3.91. The number of anilines is 2. The lowest BCUT2D eigenvalue weighted by Crippen LogP contribution is -2.33. The topological polar surface area (TPSA) is 67.6 Å². The fourth-order valence-electron chi connectivity index (χ4n) is 2.56. The van der Waals surface area contributed by atoms with E-state index in [-0.39, 0.29) is 5.97 Å². The summed E-state index contributed by atoms with van der Waals surface area (Å²) < 4.78 is 4.80. The van der Waals surface area contributed by atoms with Crippen LogP contribution in [-0.2, 0) is 4.74 Å². The Bertz CT molecular complexity index is 468. The van der Waals surface area contributed by atoms with E-state index in [9.17, 15) is 4.79 Å². The highest BCUT2D eigenvalue weighted by molar-refractivity contribution is 5.98. The van der Waals surface area contributed by atoms with Crippen LogP contribution in [0.3, 0.4) is 0 Å². The summed E-state index contributed by atoms with van der Waals surface area (Å²) >= 11 is 0. The first-order valence-electron chi connectivity index (χ1n) is 7.01. The van der Waals surface area contributed by atoms with Crippen molar-refractivity contribution in [2.45, 2.75) is 12.8 Å². The van der Waals surface area contributed by atoms with E-state index in [2.05, 4.69) is 17.3 Å². The Morgan fingerprint density at radius 2 is 2.15 bits per heavy atom. The van der Waals surface area contributed by atoms with Crippen LogP contribution < -0.4 is 11.1 Å². The zero-order chi connectivity index (χ0) is 14.5. The number of nitrogens with zero attached hydrogens (tertiary/aromatic N) is 1. The van der Waals surface area contributed by atoms with Gasteiger partial charge in [-0.3, -0.25) is 0 Å². The average molecular weight is 277 g/mol. The molecule has 0 atom stereocenters. The van der Waals surface area contributed by atoms with E-state index in [0.717, 1.165) is 19.6 Å². The van der Waals surface area contributed by atoms with Crippen LogP contribution in [0.25, 0.3) is 0 Å². The fraction of sp³-hybridized carbons (Fsp3) is 0.533. The van der Waals surface area contributed by atoms with Crippen molar-refractivity contribution in [3.05, 3.63) is 23.8 Å². The van der Waals surface area contributed by atoms with Crippen LogP contribution in [0.2, 0.25) is 0 Å². The number of hydrogen-bond acceptors (Lipinski definition) is 5. The van der Waals surface area contributed by atoms with Crippen LogP contribution in [0.5, 0.6) is 0 Å². The van der Waals surface area contributed by atoms with Crippen molar-refractivity contribution in [1.29, 1.82) is 0 Å². The number of nitrogens with one attached hydrogen (secondary N) is 1. The molecule has 1 saturated heterocycles. The predicted octanol–water partition coefficient (Wildman–Crippen LogP) is 1.81. The van der Waals surface area contributed by atoms with Gasteiger partial charge in [-0.1, -0.05) is 6.07 Å². The molecule has 1 aromatic carbocycles. The molecule has 1 fully saturated rings. The number of piperidine rings is 1. The lowest BCUT2D eigenvalue weighted by atomic mass is 9.97. The molecular weight excluding hydrogens is 254 g/mol. The van der Waals surface area contributed by atoms with Crippen molar-refractivity contribution in [2.75, 3.05) is 44.8 Å². The molecule has 0 amide bonds. The van der Waals surface area contributed by atoms with E-state index in [1.54, 1.807) is 18.2 Å². The summed E-state index contributed by atoms with van der Waals surface area (Å²) in [4.78, 5) is 14.1. The van der Waals surface area contributed by atoms with Crippen LogP contribution in [0.1, 0.15) is 23.2 Å². The van der Waals surface area contributed by atoms with E-state index in [4.69, 9.17) is 10.5 Å². The van der Waals surface area contributed by atoms with Crippen molar-refractivity contribution in [1.82, 2.24) is 4.90 Å². The Kier molecular flexibility index (Phi) is 4.84. The molecule has 0 bridgehead atoms. The highest BCUT2D eigenvalue weighted by Gasteiger charge is 2.19. The van der Waals surface area contributed by atoms with Crippen molar-refractivity contribution in [2.24, 2.45) is 5.92 Å². The lowest BCUT2D eigenvalue weighted by Gasteiger charge is -2.29. The number of methoxy groups -OCH3 is 1. The number of benzene rings is 1. The van der Waals surface area contributed by atoms with Crippen molar-refractivity contribution < 1.29 is 9.53 Å². The maximum atomic E-state index is 11.8. The second kappa shape index (κ2) is 6.61. The summed E-state index contributed by atoms with van der Waals surface area (Å²) in [5, 5.41) is 3.34. The van der Waals surface area contributed by atoms with Gasteiger partial charge in [0.2, 0.25) is 0 Å². The first-order chi connectivity index (χ1) is 9.61. The highest BCUT2D eigenvalue weighted by atomic mass is 16.5. The second-order valence-corrected chi connectivity index (χ2v) is 5.39. The summed E-state index contributed by atoms with van der Waals surface area (Å²) in [6.45, 7) is 3.09. The SMILES string of the molecule is COC(=O)c1cccc(N)c1NCC1CCN(C)CC1. The summed E-state index contributed by atoms with van der Waals surface area (Å²) in [6, 6.07) is 5.30. The molecule has 0 radical (unpaired) electrons. The molecule has 0 saturated carbocycles. The first kappa shape index (κ1) is 14.7. The van der Waals surface area contributed by atoms with Crippen molar-refractivity contribution in [3.8, 4) is 0 Å². The summed E-state index contributed by atoms with van der Waals surface area (Å²) in [5.41, 5.74) is 7.75. The smallest absolute Gasteiger partial charge is 0.340 e. The lowest BCUT2D eigenvalue weighted by molar-refractivity contribution is 0.0602. The summed E-state index contributed by atoms with van der Waals surface area (Å²) in [5.74, 6) is 0.263. The molecule has 1 heterocycles. The molecule has 3 N–H and O–H groups in total. The number of para-hydroxylation sites is 1. The van der Waals surface area contributed by atoms with E-state index < -0.39 is 0 Å². The first-order valence-corrected chi connectivity index (χ1v) is 7.01. The van der Waals surface area contributed by atoms with Gasteiger partial charge in [0.25, 0.3) is 0 Å². The van der Waals surface area contributed by atoms with E-state index >= 15 is 0 Å². The molecule has 2 rings (SSSR count). The molecule has 5 nitrogen and oxygen atoms in total. The van der Waals surface area contributed by atoms with Gasteiger partial charge in [0.1, 0.15) is 0 Å². The monoisotopic (exact) mass is 277 g/mol. The fourth-order valence-corrected chi connectivity index (χ4v) is 2.56. The van der Waals surface area contributed by atoms with Gasteiger partial charge in [0.15, 0.2) is 0 Å². The van der Waals surface area contributed by atoms with Crippen LogP contribution in [0.4, 0.5) is 11.4 Å². The molecule has 20 heavy (non-hydrogen) atoms. The van der Waals surface area contributed by atoms with Crippen molar-refractivity contribution >= 4 is 17.3 Å². The second-order valence-electron chi connectivity index (χ2n) is 5.39. The quantitative estimate of drug-likeness (QED) is 0.649. The van der Waals surface area contributed by atoms with E-state index in [0.29, 0.717) is 22.9 Å². The highest BCUT2D eigenvalue weighted by Crippen LogP contribution is 2.25. The third-order valence-corrected chi connectivity index (χ3v) is 3.91. The number of nitrogens with two attached hydrogens (primary N) is 1. The van der Waals surface area contributed by atoms with E-state index in [1.807, 2.05) is 0 Å². The zero-order valence-corrected chi connectivity index (χ0v) is 12.2. The van der Waals surface area contributed by atoms with Crippen LogP contribution in [0, 0.1) is 5.92 Å². The van der Waals surface area contributed by atoms with Gasteiger partial charge in [-0.15, -0.1) is 0 Å². The van der Waals surface area contributed by atoms with Gasteiger partial charge in [-0.05, 0) is 51.0 Å². The number of carbonyl (C=O) groups excluding carboxylic acids is 1. The third kappa shape index (κ3) is 3.42. The molecule has 0 spiro atoms. The van der Waals surface area contributed by atoms with Crippen molar-refractivity contribution in [3.63, 3.8) is 0 Å². The minimum absolute atomic E-state index is 0.358. The van der Waals surface area contributed by atoms with Crippen LogP contribution in [0.15, 0.2) is 18.2 Å². The number of rotatable bonds is 4. The minimum Gasteiger partial charge on any atom is -0.465 e. The van der Waals surface area contributed by atoms with Gasteiger partial charge in [-0.2, -0.15) is 0 Å². The zero-order valence-electron chi connectivity index (χ0n) is 12.2. The molecule has 5 heteroatoms. The number of hydrogen-bond donors (Lipinski definition) is 2. The molecule has 0 aliphatic carbocycles. The largest absolute Gasteiger partial charge is 0.465 e. The van der Waals surface area contributed by atoms with Crippen LogP contribution in [-0.4, -0.2) is 44.7 Å². The Labute approximate surface area is 120 Å². The standard InChI is InChI=1S/C15H23N3O2/c1-18-8-6-11(7-9-18)10-17-14-12(15(19)20-2)4-3-5-13(14)16/h3-5,11,17H,6-10,16H2,1-2H3. The predicted molar refractivity (Wildman–Crippen MR) is 80.9 cm³/mol. The van der Waals surface area contributed by atoms with Gasteiger partial charge in [0.05, 0.1) is 24.0 Å². The van der Waals surface area contributed by atoms with Crippen LogP contribution >= 0.6 is 0 Å². The Morgan fingerprint density at radius 1 is 1.45 bits per heavy atom. The molecular formula is C15H23N3O2. The Hall–Kier alpha value is -1.75. The molecule has 1 aliphatic rings. The van der Waals surface area contributed by atoms with Gasteiger partial charge < -0.3 is 20.7 Å². The molecule has 0 aromatic heterocycles. The van der Waals surface area contributed by atoms with E-state index in [1.165, 1.54) is 20.0 Å². The maximum absolute atomic E-state index is 11.8. The number of nitrogen functional groups attached to an aromatic ring is 1. The Morgan fingerprint density at radius 3 is 2.80 bits per heavy atom. The number of esters is 1. The van der Waals surface area contributed by atoms with Gasteiger partial charge >= 0.3 is 5.97 Å². The summed E-state index contributed by atoms with van der Waals surface area (Å²) in [6.07, 6.45) is 2.34. The number of ether oxygens (including phenoxy) is 1. The number of carbonyl (C=O) groups is 1. The minimum atomic E-state index is -0.358. The molecule has 110 valence electrons. The number of likely N-dealkylation sites (tertiary alicyclic amines) is 1. The normalized spacial score (nSPS) is 16.9. The molecule has 0 unspecified atom stereocenters. The summed E-state index contributed by atoms with van der Waals surface area (Å²) in [7, 11) is 3.53. The van der Waals surface area contributed by atoms with Gasteiger partial charge in [0, 0.05) is 6.54 Å². The average Bonchev–Trinajstić information content (AvgIpc) is 2.46. The molecule has 1 aromatic rings.